The summed E-state index contributed by atoms with van der Waals surface area (Å²) in [7, 11) is 0. The highest BCUT2D eigenvalue weighted by Gasteiger charge is 2.28. The van der Waals surface area contributed by atoms with E-state index in [1.807, 2.05) is 19.1 Å². The molecule has 1 fully saturated rings. The Kier molecular flexibility index (Phi) is 6.58. The molecule has 7 nitrogen and oxygen atoms in total. The topological polar surface area (TPSA) is 80.2 Å². The molecule has 4 rings (SSSR count). The second kappa shape index (κ2) is 9.72. The van der Waals surface area contributed by atoms with Gasteiger partial charge in [0, 0.05) is 37.5 Å². The van der Waals surface area contributed by atoms with Gasteiger partial charge in [-0.25, -0.2) is 14.4 Å². The maximum atomic E-state index is 13.4. The van der Waals surface area contributed by atoms with E-state index < -0.39 is 6.10 Å². The van der Waals surface area contributed by atoms with Crippen molar-refractivity contribution < 1.29 is 13.9 Å². The minimum Gasteiger partial charge on any atom is -0.481 e. The Balaban J connectivity index is 1.34. The molecule has 2 aromatic heterocycles. The highest BCUT2D eigenvalue weighted by Crippen LogP contribution is 2.28. The molecule has 1 atom stereocenters. The van der Waals surface area contributed by atoms with E-state index in [2.05, 4.69) is 15.3 Å². The van der Waals surface area contributed by atoms with Gasteiger partial charge < -0.3 is 15.0 Å². The summed E-state index contributed by atoms with van der Waals surface area (Å²) in [4.78, 5) is 28.0. The predicted octanol–water partition coefficient (Wildman–Crippen LogP) is 4.24. The van der Waals surface area contributed by atoms with Gasteiger partial charge in [0.25, 0.3) is 5.91 Å². The maximum absolute atomic E-state index is 13.4. The molecule has 1 saturated heterocycles. The van der Waals surface area contributed by atoms with E-state index in [0.717, 1.165) is 29.9 Å². The first kappa shape index (κ1) is 21.7. The highest BCUT2D eigenvalue weighted by molar-refractivity contribution is 5.81. The van der Waals surface area contributed by atoms with Crippen LogP contribution in [0.1, 0.15) is 36.9 Å². The minimum atomic E-state index is -0.678. The molecule has 0 spiro atoms. The molecule has 0 bridgehead atoms. The van der Waals surface area contributed by atoms with Crippen LogP contribution in [0.2, 0.25) is 0 Å². The van der Waals surface area contributed by atoms with Gasteiger partial charge in [-0.2, -0.15) is 0 Å². The highest BCUT2D eigenvalue weighted by atomic mass is 19.1. The van der Waals surface area contributed by atoms with Crippen LogP contribution in [0.5, 0.6) is 5.75 Å². The Morgan fingerprint density at radius 1 is 1.22 bits per heavy atom. The summed E-state index contributed by atoms with van der Waals surface area (Å²) in [6, 6.07) is 9.70. The molecule has 1 aromatic carbocycles. The third-order valence-corrected chi connectivity index (χ3v) is 5.59. The van der Waals surface area contributed by atoms with E-state index in [1.54, 1.807) is 42.5 Å². The van der Waals surface area contributed by atoms with Crippen molar-refractivity contribution in [3.63, 3.8) is 0 Å². The number of anilines is 2. The van der Waals surface area contributed by atoms with Gasteiger partial charge in [-0.05, 0) is 50.5 Å². The Morgan fingerprint density at radius 3 is 2.78 bits per heavy atom. The van der Waals surface area contributed by atoms with Gasteiger partial charge in [0.1, 0.15) is 23.2 Å². The molecule has 3 aromatic rings. The average molecular weight is 436 g/mol. The van der Waals surface area contributed by atoms with E-state index in [9.17, 15) is 9.18 Å². The summed E-state index contributed by atoms with van der Waals surface area (Å²) in [5.41, 5.74) is 1.93. The van der Waals surface area contributed by atoms with Crippen molar-refractivity contribution in [2.24, 2.45) is 0 Å². The number of hydrogen-bond acceptors (Lipinski definition) is 6. The minimum absolute atomic E-state index is 0.0974. The van der Waals surface area contributed by atoms with Crippen LogP contribution in [-0.4, -0.2) is 45.0 Å². The van der Waals surface area contributed by atoms with Crippen LogP contribution in [0.3, 0.4) is 0 Å². The summed E-state index contributed by atoms with van der Waals surface area (Å²) in [6.07, 6.45) is 6.11. The Bertz CT molecular complexity index is 1090. The third kappa shape index (κ3) is 5.19. The lowest BCUT2D eigenvalue weighted by atomic mass is 9.93. The van der Waals surface area contributed by atoms with E-state index in [1.165, 1.54) is 12.1 Å². The van der Waals surface area contributed by atoms with Crippen molar-refractivity contribution in [3.8, 4) is 5.75 Å². The van der Waals surface area contributed by atoms with E-state index in [0.29, 0.717) is 24.7 Å². The van der Waals surface area contributed by atoms with Crippen molar-refractivity contribution in [1.82, 2.24) is 19.9 Å². The van der Waals surface area contributed by atoms with Crippen LogP contribution < -0.4 is 10.1 Å². The van der Waals surface area contributed by atoms with Gasteiger partial charge in [-0.1, -0.05) is 12.1 Å². The number of likely N-dealkylation sites (tertiary alicyclic amines) is 1. The number of carbonyl (C=O) groups excluding carboxylic acids is 1. The summed E-state index contributed by atoms with van der Waals surface area (Å²) in [6.45, 7) is 4.90. The van der Waals surface area contributed by atoms with E-state index in [-0.39, 0.29) is 17.6 Å². The molecule has 0 aliphatic carbocycles. The van der Waals surface area contributed by atoms with E-state index >= 15 is 0 Å². The largest absolute Gasteiger partial charge is 0.481 e. The molecule has 0 saturated carbocycles. The van der Waals surface area contributed by atoms with Gasteiger partial charge in [0.2, 0.25) is 0 Å². The number of nitrogens with zero attached hydrogens (tertiary/aromatic N) is 4. The van der Waals surface area contributed by atoms with Crippen molar-refractivity contribution in [2.45, 2.75) is 38.7 Å². The number of amides is 1. The Morgan fingerprint density at radius 2 is 2.03 bits per heavy atom. The number of benzene rings is 1. The third-order valence-electron chi connectivity index (χ3n) is 5.59. The monoisotopic (exact) mass is 435 g/mol. The smallest absolute Gasteiger partial charge is 0.263 e. The molecule has 1 unspecified atom stereocenters. The standard InChI is InChI=1S/C24H26FN5O2/c1-16-5-4-10-27-23(16)29-22-15-26-14-21(28-22)18-8-11-30(12-9-18)24(31)17(2)32-20-7-3-6-19(25)13-20/h3-7,10,13-15,17-18H,8-9,11-12H2,1-2H3,(H,27,28,29). The van der Waals surface area contributed by atoms with Crippen LogP contribution in [0.15, 0.2) is 55.0 Å². The number of ether oxygens (including phenoxy) is 1. The van der Waals surface area contributed by atoms with Crippen LogP contribution in [0.25, 0.3) is 0 Å². The lowest BCUT2D eigenvalue weighted by Gasteiger charge is -2.33. The number of rotatable bonds is 6. The molecular weight excluding hydrogens is 409 g/mol. The van der Waals surface area contributed by atoms with Crippen LogP contribution in [0.4, 0.5) is 16.0 Å². The molecular formula is C24H26FN5O2. The van der Waals surface area contributed by atoms with Gasteiger partial charge in [-0.15, -0.1) is 0 Å². The summed E-state index contributed by atoms with van der Waals surface area (Å²) in [5, 5.41) is 3.23. The zero-order valence-corrected chi connectivity index (χ0v) is 18.2. The number of carbonyl (C=O) groups is 1. The van der Waals surface area contributed by atoms with Crippen LogP contribution in [-0.2, 0) is 4.79 Å². The fourth-order valence-electron chi connectivity index (χ4n) is 3.82. The fourth-order valence-corrected chi connectivity index (χ4v) is 3.82. The van der Waals surface area contributed by atoms with Crippen molar-refractivity contribution in [2.75, 3.05) is 18.4 Å². The number of aryl methyl sites for hydroxylation is 1. The van der Waals surface area contributed by atoms with Gasteiger partial charge >= 0.3 is 0 Å². The van der Waals surface area contributed by atoms with Crippen molar-refractivity contribution >= 4 is 17.5 Å². The number of hydrogen-bond donors (Lipinski definition) is 1. The molecule has 3 heterocycles. The molecule has 1 aliphatic rings. The summed E-state index contributed by atoms with van der Waals surface area (Å²) >= 11 is 0. The van der Waals surface area contributed by atoms with Crippen LogP contribution in [0, 0.1) is 12.7 Å². The fraction of sp³-hybridized carbons (Fsp3) is 0.333. The number of nitrogens with one attached hydrogen (secondary N) is 1. The van der Waals surface area contributed by atoms with E-state index in [4.69, 9.17) is 9.72 Å². The second-order valence-corrected chi connectivity index (χ2v) is 7.94. The predicted molar refractivity (Wildman–Crippen MR) is 119 cm³/mol. The lowest BCUT2D eigenvalue weighted by molar-refractivity contribution is -0.139. The zero-order chi connectivity index (χ0) is 22.5. The molecule has 1 N–H and O–H groups in total. The maximum Gasteiger partial charge on any atom is 0.263 e. The van der Waals surface area contributed by atoms with Gasteiger partial charge in [0.15, 0.2) is 6.10 Å². The molecule has 8 heteroatoms. The molecule has 1 aliphatic heterocycles. The molecule has 166 valence electrons. The van der Waals surface area contributed by atoms with Gasteiger partial charge in [0.05, 0.1) is 11.9 Å². The second-order valence-electron chi connectivity index (χ2n) is 7.94. The summed E-state index contributed by atoms with van der Waals surface area (Å²) < 4.78 is 19.0. The summed E-state index contributed by atoms with van der Waals surface area (Å²) in [5.74, 6) is 1.49. The number of halogens is 1. The number of pyridine rings is 1. The first-order valence-electron chi connectivity index (χ1n) is 10.7. The molecule has 0 radical (unpaired) electrons. The Hall–Kier alpha value is -3.55. The quantitative estimate of drug-likeness (QED) is 0.624. The first-order chi connectivity index (χ1) is 15.5. The number of aromatic nitrogens is 3. The van der Waals surface area contributed by atoms with Gasteiger partial charge in [-0.3, -0.25) is 9.78 Å². The number of piperidine rings is 1. The zero-order valence-electron chi connectivity index (χ0n) is 18.2. The Labute approximate surface area is 186 Å². The first-order valence-corrected chi connectivity index (χ1v) is 10.7. The van der Waals surface area contributed by atoms with Crippen LogP contribution >= 0.6 is 0 Å². The average Bonchev–Trinajstić information content (AvgIpc) is 2.80. The SMILES string of the molecule is Cc1cccnc1Nc1cncc(C2CCN(C(=O)C(C)Oc3cccc(F)c3)CC2)n1. The molecule has 1 amide bonds. The van der Waals surface area contributed by atoms with Crippen molar-refractivity contribution in [1.29, 1.82) is 0 Å². The van der Waals surface area contributed by atoms with Crippen molar-refractivity contribution in [3.05, 3.63) is 72.1 Å². The molecule has 32 heavy (non-hydrogen) atoms. The normalized spacial score (nSPS) is 15.3. The lowest BCUT2D eigenvalue weighted by Crippen LogP contribution is -2.44.